The van der Waals surface area contributed by atoms with Gasteiger partial charge in [0, 0.05) is 31.7 Å². The summed E-state index contributed by atoms with van der Waals surface area (Å²) in [7, 11) is 0. The molecule has 3 N–H and O–H groups in total. The predicted octanol–water partition coefficient (Wildman–Crippen LogP) is 0.657. The number of primary amides is 1. The second-order valence-corrected chi connectivity index (χ2v) is 5.53. The number of carbonyl (C=O) groups is 2. The highest BCUT2D eigenvalue weighted by Gasteiger charge is 2.34. The van der Waals surface area contributed by atoms with Gasteiger partial charge in [0.1, 0.15) is 17.6 Å². The lowest BCUT2D eigenvalue weighted by molar-refractivity contribution is 0.0775. The zero-order chi connectivity index (χ0) is 17.1. The molecule has 0 saturated carbocycles. The van der Waals surface area contributed by atoms with Crippen LogP contribution in [0.15, 0.2) is 30.7 Å². The highest BCUT2D eigenvalue weighted by Crippen LogP contribution is 2.28. The van der Waals surface area contributed by atoms with Crippen molar-refractivity contribution in [3.8, 4) is 0 Å². The number of carbonyl (C=O) groups excluding carboxylic acids is 2. The minimum absolute atomic E-state index is 0.124. The monoisotopic (exact) mass is 329 g/mol. The summed E-state index contributed by atoms with van der Waals surface area (Å²) in [5.74, 6) is -0.0891. The fourth-order valence-corrected chi connectivity index (χ4v) is 2.76. The van der Waals surface area contributed by atoms with Crippen molar-refractivity contribution in [2.75, 3.05) is 6.61 Å². The van der Waals surface area contributed by atoms with E-state index in [0.29, 0.717) is 18.6 Å². The van der Waals surface area contributed by atoms with Crippen molar-refractivity contribution < 1.29 is 14.3 Å². The summed E-state index contributed by atoms with van der Waals surface area (Å²) in [6.45, 7) is 3.37. The fourth-order valence-electron chi connectivity index (χ4n) is 2.76. The minimum Gasteiger partial charge on any atom is -0.368 e. The molecule has 3 rings (SSSR count). The SMILES string of the molecule is CCn1ccnc1[C@H]1OCC[C@@H]1NC(=O)c1ccc(C(N)=O)nc1. The van der Waals surface area contributed by atoms with E-state index in [2.05, 4.69) is 15.3 Å². The van der Waals surface area contributed by atoms with Crippen LogP contribution in [0.4, 0.5) is 0 Å². The Morgan fingerprint density at radius 3 is 2.92 bits per heavy atom. The summed E-state index contributed by atoms with van der Waals surface area (Å²) in [5, 5.41) is 2.96. The molecule has 0 bridgehead atoms. The maximum absolute atomic E-state index is 12.4. The lowest BCUT2D eigenvalue weighted by Gasteiger charge is -2.20. The number of hydrogen-bond acceptors (Lipinski definition) is 5. The first kappa shape index (κ1) is 16.1. The highest BCUT2D eigenvalue weighted by atomic mass is 16.5. The fraction of sp³-hybridized carbons (Fsp3) is 0.375. The topological polar surface area (TPSA) is 112 Å². The number of ether oxygens (including phenoxy) is 1. The minimum atomic E-state index is -0.627. The summed E-state index contributed by atoms with van der Waals surface area (Å²) in [6.07, 6.45) is 5.39. The number of nitrogens with one attached hydrogen (secondary N) is 1. The second-order valence-electron chi connectivity index (χ2n) is 5.53. The summed E-state index contributed by atoms with van der Waals surface area (Å²) in [6, 6.07) is 2.80. The van der Waals surface area contributed by atoms with Crippen molar-refractivity contribution >= 4 is 11.8 Å². The summed E-state index contributed by atoms with van der Waals surface area (Å²) >= 11 is 0. The largest absolute Gasteiger partial charge is 0.368 e. The van der Waals surface area contributed by atoms with Crippen LogP contribution >= 0.6 is 0 Å². The molecule has 126 valence electrons. The van der Waals surface area contributed by atoms with Gasteiger partial charge in [0.25, 0.3) is 11.8 Å². The second kappa shape index (κ2) is 6.79. The quantitative estimate of drug-likeness (QED) is 0.837. The molecule has 1 saturated heterocycles. The van der Waals surface area contributed by atoms with Crippen LogP contribution in [0.5, 0.6) is 0 Å². The van der Waals surface area contributed by atoms with Crippen molar-refractivity contribution in [2.24, 2.45) is 5.73 Å². The Morgan fingerprint density at radius 2 is 2.25 bits per heavy atom. The van der Waals surface area contributed by atoms with Gasteiger partial charge in [0.2, 0.25) is 0 Å². The number of amides is 2. The van der Waals surface area contributed by atoms with E-state index in [1.165, 1.54) is 18.3 Å². The number of aryl methyl sites for hydroxylation is 1. The standard InChI is InChI=1S/C16H19N5O3/c1-2-21-7-6-18-15(21)13-11(5-8-24-13)20-16(23)10-3-4-12(14(17)22)19-9-10/h3-4,6-7,9,11,13H,2,5,8H2,1H3,(H2,17,22)(H,20,23)/t11-,13-/m0/s1. The van der Waals surface area contributed by atoms with Crippen LogP contribution in [0.1, 0.15) is 46.1 Å². The molecule has 0 aliphatic carbocycles. The molecule has 3 heterocycles. The van der Waals surface area contributed by atoms with Crippen molar-refractivity contribution in [2.45, 2.75) is 32.0 Å². The van der Waals surface area contributed by atoms with Gasteiger partial charge in [-0.05, 0) is 25.5 Å². The Labute approximate surface area is 139 Å². The van der Waals surface area contributed by atoms with Crippen LogP contribution in [0, 0.1) is 0 Å². The third-order valence-electron chi connectivity index (χ3n) is 4.03. The van der Waals surface area contributed by atoms with Crippen molar-refractivity contribution in [3.63, 3.8) is 0 Å². The normalized spacial score (nSPS) is 20.0. The first-order chi connectivity index (χ1) is 11.6. The van der Waals surface area contributed by atoms with E-state index in [1.807, 2.05) is 17.7 Å². The molecule has 8 nitrogen and oxygen atoms in total. The molecule has 1 aliphatic rings. The van der Waals surface area contributed by atoms with Crippen LogP contribution in [0.3, 0.4) is 0 Å². The van der Waals surface area contributed by atoms with Gasteiger partial charge in [-0.2, -0.15) is 0 Å². The van der Waals surface area contributed by atoms with E-state index in [4.69, 9.17) is 10.5 Å². The average molecular weight is 329 g/mol. The lowest BCUT2D eigenvalue weighted by atomic mass is 10.1. The van der Waals surface area contributed by atoms with Crippen LogP contribution in [0.25, 0.3) is 0 Å². The number of hydrogen-bond donors (Lipinski definition) is 2. The molecule has 2 aromatic heterocycles. The van der Waals surface area contributed by atoms with Gasteiger partial charge in [-0.25, -0.2) is 4.98 Å². The molecule has 2 amide bonds. The van der Waals surface area contributed by atoms with Crippen molar-refractivity contribution in [1.29, 1.82) is 0 Å². The molecule has 0 radical (unpaired) electrons. The zero-order valence-corrected chi connectivity index (χ0v) is 13.3. The molecule has 1 aliphatic heterocycles. The highest BCUT2D eigenvalue weighted by molar-refractivity contribution is 5.95. The van der Waals surface area contributed by atoms with E-state index in [-0.39, 0.29) is 23.7 Å². The number of aromatic nitrogens is 3. The molecular formula is C16H19N5O3. The van der Waals surface area contributed by atoms with Gasteiger partial charge < -0.3 is 20.4 Å². The Hall–Kier alpha value is -2.74. The van der Waals surface area contributed by atoms with Gasteiger partial charge in [-0.1, -0.05) is 0 Å². The molecule has 1 fully saturated rings. The Balaban J connectivity index is 1.72. The van der Waals surface area contributed by atoms with E-state index in [9.17, 15) is 9.59 Å². The smallest absolute Gasteiger partial charge is 0.267 e. The van der Waals surface area contributed by atoms with E-state index < -0.39 is 5.91 Å². The predicted molar refractivity (Wildman–Crippen MR) is 85.2 cm³/mol. The Morgan fingerprint density at radius 1 is 1.42 bits per heavy atom. The molecule has 0 spiro atoms. The molecule has 0 aromatic carbocycles. The average Bonchev–Trinajstić information content (AvgIpc) is 3.23. The number of pyridine rings is 1. The van der Waals surface area contributed by atoms with Crippen LogP contribution in [0.2, 0.25) is 0 Å². The zero-order valence-electron chi connectivity index (χ0n) is 13.3. The summed E-state index contributed by atoms with van der Waals surface area (Å²) in [5.41, 5.74) is 5.63. The van der Waals surface area contributed by atoms with Crippen molar-refractivity contribution in [3.05, 3.63) is 47.8 Å². The number of rotatable bonds is 5. The summed E-state index contributed by atoms with van der Waals surface area (Å²) in [4.78, 5) is 31.7. The van der Waals surface area contributed by atoms with E-state index in [0.717, 1.165) is 12.4 Å². The van der Waals surface area contributed by atoms with Crippen LogP contribution < -0.4 is 11.1 Å². The van der Waals surface area contributed by atoms with E-state index in [1.54, 1.807) is 6.20 Å². The first-order valence-electron chi connectivity index (χ1n) is 7.79. The molecule has 24 heavy (non-hydrogen) atoms. The molecule has 2 aromatic rings. The first-order valence-corrected chi connectivity index (χ1v) is 7.79. The number of imidazole rings is 1. The number of nitrogens with zero attached hydrogens (tertiary/aromatic N) is 3. The Bertz CT molecular complexity index is 740. The molecule has 0 unspecified atom stereocenters. The van der Waals surface area contributed by atoms with Gasteiger partial charge in [-0.3, -0.25) is 14.6 Å². The van der Waals surface area contributed by atoms with Crippen LogP contribution in [-0.2, 0) is 11.3 Å². The molecule has 8 heteroatoms. The van der Waals surface area contributed by atoms with Crippen LogP contribution in [-0.4, -0.2) is 39.0 Å². The molecular weight excluding hydrogens is 310 g/mol. The molecule has 2 atom stereocenters. The lowest BCUT2D eigenvalue weighted by Crippen LogP contribution is -2.37. The third kappa shape index (κ3) is 3.13. The maximum atomic E-state index is 12.4. The van der Waals surface area contributed by atoms with Gasteiger partial charge >= 0.3 is 0 Å². The third-order valence-corrected chi connectivity index (χ3v) is 4.03. The Kier molecular flexibility index (Phi) is 4.57. The maximum Gasteiger partial charge on any atom is 0.267 e. The number of nitrogens with two attached hydrogens (primary N) is 1. The summed E-state index contributed by atoms with van der Waals surface area (Å²) < 4.78 is 7.76. The van der Waals surface area contributed by atoms with Gasteiger partial charge in [0.15, 0.2) is 0 Å². The van der Waals surface area contributed by atoms with Crippen molar-refractivity contribution in [1.82, 2.24) is 19.9 Å². The van der Waals surface area contributed by atoms with Gasteiger partial charge in [0.05, 0.1) is 11.6 Å². The van der Waals surface area contributed by atoms with E-state index >= 15 is 0 Å². The van der Waals surface area contributed by atoms with Gasteiger partial charge in [-0.15, -0.1) is 0 Å².